The summed E-state index contributed by atoms with van der Waals surface area (Å²) < 4.78 is 32.8. The van der Waals surface area contributed by atoms with Gasteiger partial charge in [0, 0.05) is 30.2 Å². The van der Waals surface area contributed by atoms with Gasteiger partial charge in [-0.25, -0.2) is 23.2 Å². The fourth-order valence-corrected chi connectivity index (χ4v) is 3.94. The summed E-state index contributed by atoms with van der Waals surface area (Å²) in [5.41, 5.74) is 0.403. The summed E-state index contributed by atoms with van der Waals surface area (Å²) in [5, 5.41) is 6.57. The van der Waals surface area contributed by atoms with Crippen LogP contribution in [-0.2, 0) is 16.0 Å². The summed E-state index contributed by atoms with van der Waals surface area (Å²) in [6.07, 6.45) is 1.01. The van der Waals surface area contributed by atoms with E-state index in [0.717, 1.165) is 27.9 Å². The van der Waals surface area contributed by atoms with E-state index in [9.17, 15) is 14.0 Å². The Morgan fingerprint density at radius 3 is 2.62 bits per heavy atom. The molecule has 1 amide bonds. The number of ether oxygens (including phenoxy) is 3. The molecule has 0 aliphatic carbocycles. The molecule has 1 aliphatic rings. The number of morpholine rings is 1. The van der Waals surface area contributed by atoms with Crippen LogP contribution in [0.25, 0.3) is 5.69 Å². The highest BCUT2D eigenvalue weighted by molar-refractivity contribution is 9.10. The predicted octanol–water partition coefficient (Wildman–Crippen LogP) is 3.02. The number of alkyl carbamates (subject to hydrolysis) is 1. The average Bonchev–Trinajstić information content (AvgIpc) is 3.15. The molecule has 0 unspecified atom stereocenters. The SMILES string of the molecule is COc1cc(N2CCOCC2)c(Br)cc1-n1cnn(C/C(=C/F)CNC(=O)OC(C)(C)C)c1=O. The molecule has 1 aromatic heterocycles. The Labute approximate surface area is 205 Å². The molecule has 1 saturated heterocycles. The molecule has 186 valence electrons. The number of hydrogen-bond acceptors (Lipinski definition) is 7. The summed E-state index contributed by atoms with van der Waals surface area (Å²) in [4.78, 5) is 27.0. The van der Waals surface area contributed by atoms with Crippen LogP contribution in [0.5, 0.6) is 5.75 Å². The molecule has 2 heterocycles. The standard InChI is InChI=1S/C22H29BrFN5O5/c1-22(2,3)34-20(30)25-12-15(11-24)13-29-21(31)28(14-26-29)18-9-16(23)17(10-19(18)32-4)27-5-7-33-8-6-27/h9-11,14H,5-8,12-13H2,1-4H3,(H,25,30)/b15-11+. The first kappa shape index (κ1) is 25.8. The van der Waals surface area contributed by atoms with Crippen LogP contribution in [0.1, 0.15) is 20.8 Å². The highest BCUT2D eigenvalue weighted by Crippen LogP contribution is 2.35. The van der Waals surface area contributed by atoms with Crippen molar-refractivity contribution in [3.05, 3.63) is 45.3 Å². The van der Waals surface area contributed by atoms with Crippen LogP contribution in [-0.4, -0.2) is 66.0 Å². The first-order valence-electron chi connectivity index (χ1n) is 10.7. The molecule has 1 aromatic carbocycles. The van der Waals surface area contributed by atoms with Gasteiger partial charge in [0.2, 0.25) is 0 Å². The summed E-state index contributed by atoms with van der Waals surface area (Å²) in [6, 6.07) is 3.64. The molecule has 34 heavy (non-hydrogen) atoms. The van der Waals surface area contributed by atoms with E-state index in [2.05, 4.69) is 31.2 Å². The lowest BCUT2D eigenvalue weighted by Gasteiger charge is -2.30. The van der Waals surface area contributed by atoms with Crippen LogP contribution >= 0.6 is 15.9 Å². The quantitative estimate of drug-likeness (QED) is 0.575. The van der Waals surface area contributed by atoms with Gasteiger partial charge in [-0.05, 0) is 48.3 Å². The van der Waals surface area contributed by atoms with Gasteiger partial charge in [-0.3, -0.25) is 0 Å². The second-order valence-electron chi connectivity index (χ2n) is 8.64. The first-order chi connectivity index (χ1) is 16.1. The maximum atomic E-state index is 13.4. The Morgan fingerprint density at radius 2 is 2.00 bits per heavy atom. The second kappa shape index (κ2) is 11.0. The summed E-state index contributed by atoms with van der Waals surface area (Å²) in [5.74, 6) is 0.485. The van der Waals surface area contributed by atoms with Gasteiger partial charge in [0.1, 0.15) is 17.7 Å². The number of hydrogen-bond donors (Lipinski definition) is 1. The molecule has 12 heteroatoms. The van der Waals surface area contributed by atoms with E-state index in [4.69, 9.17) is 14.2 Å². The number of nitrogens with one attached hydrogen (secondary N) is 1. The van der Waals surface area contributed by atoms with E-state index >= 15 is 0 Å². The molecule has 1 N–H and O–H groups in total. The van der Waals surface area contributed by atoms with E-state index < -0.39 is 17.4 Å². The minimum absolute atomic E-state index is 0.131. The van der Waals surface area contributed by atoms with Crippen LogP contribution in [0.4, 0.5) is 14.9 Å². The number of carbonyl (C=O) groups excluding carboxylic acids is 1. The summed E-state index contributed by atoms with van der Waals surface area (Å²) in [6.45, 7) is 7.66. The number of nitrogens with zero attached hydrogens (tertiary/aromatic N) is 4. The van der Waals surface area contributed by atoms with Gasteiger partial charge in [-0.2, -0.15) is 5.10 Å². The van der Waals surface area contributed by atoms with Crippen molar-refractivity contribution in [3.8, 4) is 11.4 Å². The zero-order valence-electron chi connectivity index (χ0n) is 19.6. The predicted molar refractivity (Wildman–Crippen MR) is 129 cm³/mol. The average molecular weight is 542 g/mol. The number of benzene rings is 1. The molecule has 1 aliphatic heterocycles. The maximum Gasteiger partial charge on any atom is 0.407 e. The van der Waals surface area contributed by atoms with Crippen LogP contribution < -0.4 is 20.6 Å². The van der Waals surface area contributed by atoms with Crippen LogP contribution in [0.3, 0.4) is 0 Å². The van der Waals surface area contributed by atoms with Crippen molar-refractivity contribution in [3.63, 3.8) is 0 Å². The molecule has 2 aromatic rings. The van der Waals surface area contributed by atoms with E-state index in [1.54, 1.807) is 26.8 Å². The Hall–Kier alpha value is -2.86. The normalized spacial score (nSPS) is 14.8. The smallest absolute Gasteiger partial charge is 0.407 e. The first-order valence-corrected chi connectivity index (χ1v) is 11.5. The van der Waals surface area contributed by atoms with E-state index in [1.165, 1.54) is 18.0 Å². The van der Waals surface area contributed by atoms with Crippen molar-refractivity contribution in [2.75, 3.05) is 44.9 Å². The van der Waals surface area contributed by atoms with Crippen molar-refractivity contribution < 1.29 is 23.4 Å². The minimum atomic E-state index is -0.681. The number of carbonyl (C=O) groups is 1. The topological polar surface area (TPSA) is 99.9 Å². The fraction of sp³-hybridized carbons (Fsp3) is 0.500. The lowest BCUT2D eigenvalue weighted by Crippen LogP contribution is -2.36. The van der Waals surface area contributed by atoms with E-state index in [-0.39, 0.29) is 18.7 Å². The second-order valence-corrected chi connectivity index (χ2v) is 9.49. The molecule has 0 bridgehead atoms. The van der Waals surface area contributed by atoms with Gasteiger partial charge in [0.25, 0.3) is 0 Å². The van der Waals surface area contributed by atoms with Crippen molar-refractivity contribution in [1.82, 2.24) is 19.7 Å². The zero-order chi connectivity index (χ0) is 24.9. The highest BCUT2D eigenvalue weighted by atomic mass is 79.9. The highest BCUT2D eigenvalue weighted by Gasteiger charge is 2.20. The molecule has 0 atom stereocenters. The Bertz CT molecular complexity index is 1100. The van der Waals surface area contributed by atoms with E-state index in [0.29, 0.717) is 31.0 Å². The Morgan fingerprint density at radius 1 is 1.29 bits per heavy atom. The van der Waals surface area contributed by atoms with Gasteiger partial charge in [-0.15, -0.1) is 0 Å². The molecule has 0 saturated carbocycles. The number of aromatic nitrogens is 3. The van der Waals surface area contributed by atoms with Gasteiger partial charge in [0.15, 0.2) is 0 Å². The van der Waals surface area contributed by atoms with Crippen molar-refractivity contribution in [2.45, 2.75) is 32.9 Å². The monoisotopic (exact) mass is 541 g/mol. The van der Waals surface area contributed by atoms with Crippen LogP contribution in [0.2, 0.25) is 0 Å². The Balaban J connectivity index is 1.78. The molecule has 10 nitrogen and oxygen atoms in total. The third-order valence-corrected chi connectivity index (χ3v) is 5.59. The van der Waals surface area contributed by atoms with Crippen molar-refractivity contribution in [1.29, 1.82) is 0 Å². The van der Waals surface area contributed by atoms with Crippen molar-refractivity contribution >= 4 is 27.7 Å². The molecule has 3 rings (SSSR count). The number of halogens is 2. The number of rotatable bonds is 7. The number of anilines is 1. The molecule has 0 radical (unpaired) electrons. The van der Waals surface area contributed by atoms with Gasteiger partial charge >= 0.3 is 11.8 Å². The van der Waals surface area contributed by atoms with Crippen molar-refractivity contribution in [2.24, 2.45) is 0 Å². The Kier molecular flexibility index (Phi) is 8.37. The van der Waals surface area contributed by atoms with Crippen LogP contribution in [0.15, 0.2) is 39.6 Å². The number of methoxy groups -OCH3 is 1. The largest absolute Gasteiger partial charge is 0.494 e. The molecular weight excluding hydrogens is 513 g/mol. The fourth-order valence-electron chi connectivity index (χ4n) is 3.36. The molecular formula is C22H29BrFN5O5. The molecule has 1 fully saturated rings. The van der Waals surface area contributed by atoms with Gasteiger partial charge in [0.05, 0.1) is 44.6 Å². The zero-order valence-corrected chi connectivity index (χ0v) is 21.2. The minimum Gasteiger partial charge on any atom is -0.494 e. The third kappa shape index (κ3) is 6.38. The lowest BCUT2D eigenvalue weighted by atomic mass is 10.2. The maximum absolute atomic E-state index is 13.4. The third-order valence-electron chi connectivity index (χ3n) is 4.96. The summed E-state index contributed by atoms with van der Waals surface area (Å²) >= 11 is 3.59. The van der Waals surface area contributed by atoms with E-state index in [1.807, 2.05) is 6.07 Å². The molecule has 0 spiro atoms. The lowest BCUT2D eigenvalue weighted by molar-refractivity contribution is 0.0532. The van der Waals surface area contributed by atoms with Gasteiger partial charge in [-0.1, -0.05) is 0 Å². The summed E-state index contributed by atoms with van der Waals surface area (Å²) in [7, 11) is 1.53. The van der Waals surface area contributed by atoms with Gasteiger partial charge < -0.3 is 24.4 Å². The van der Waals surface area contributed by atoms with Crippen LogP contribution in [0, 0.1) is 0 Å². The number of amides is 1.